The lowest BCUT2D eigenvalue weighted by molar-refractivity contribution is 0.546. The van der Waals surface area contributed by atoms with E-state index in [-0.39, 0.29) is 4.90 Å². The van der Waals surface area contributed by atoms with Crippen molar-refractivity contribution in [2.24, 2.45) is 5.92 Å². The molecule has 25 heavy (non-hydrogen) atoms. The Morgan fingerprint density at radius 2 is 1.88 bits per heavy atom. The number of aromatic nitrogens is 2. The molecular formula is C19H19FN2O2S. The molecular weight excluding hydrogens is 339 g/mol. The fraction of sp³-hybridized carbons (Fsp3) is 0.316. The minimum atomic E-state index is -4.01. The van der Waals surface area contributed by atoms with Gasteiger partial charge in [0.15, 0.2) is 0 Å². The molecule has 1 fully saturated rings. The van der Waals surface area contributed by atoms with Crippen molar-refractivity contribution in [1.29, 1.82) is 0 Å². The number of fused-ring (bicyclic) bond motifs is 1. The Hall–Kier alpha value is -2.21. The second kappa shape index (κ2) is 6.26. The molecule has 130 valence electrons. The van der Waals surface area contributed by atoms with Crippen LogP contribution in [0.15, 0.2) is 53.7 Å². The van der Waals surface area contributed by atoms with Crippen LogP contribution in [0, 0.1) is 11.7 Å². The molecule has 4 rings (SSSR count). The highest BCUT2D eigenvalue weighted by Crippen LogP contribution is 2.32. The van der Waals surface area contributed by atoms with Crippen molar-refractivity contribution in [1.82, 2.24) is 8.96 Å². The first-order valence-corrected chi connectivity index (χ1v) is 9.96. The SMILES string of the molecule is O=S(=O)(c1ccccc1F)n1cc(CC2CCCC2)c2ncccc21. The van der Waals surface area contributed by atoms with E-state index in [9.17, 15) is 12.8 Å². The molecule has 0 bridgehead atoms. The highest BCUT2D eigenvalue weighted by molar-refractivity contribution is 7.90. The molecule has 0 N–H and O–H groups in total. The molecule has 1 aliphatic carbocycles. The lowest BCUT2D eigenvalue weighted by Gasteiger charge is -2.08. The first-order chi connectivity index (χ1) is 12.1. The molecule has 4 nitrogen and oxygen atoms in total. The fourth-order valence-electron chi connectivity index (χ4n) is 3.73. The second-order valence-corrected chi connectivity index (χ2v) is 8.39. The number of hydrogen-bond donors (Lipinski definition) is 0. The van der Waals surface area contributed by atoms with Crippen LogP contribution < -0.4 is 0 Å². The molecule has 0 radical (unpaired) electrons. The molecule has 1 aromatic carbocycles. The predicted octanol–water partition coefficient (Wildman–Crippen LogP) is 4.15. The summed E-state index contributed by atoms with van der Waals surface area (Å²) in [5.74, 6) is -0.178. The molecule has 0 unspecified atom stereocenters. The first kappa shape index (κ1) is 16.3. The number of benzene rings is 1. The number of nitrogens with zero attached hydrogens (tertiary/aromatic N) is 2. The van der Waals surface area contributed by atoms with Gasteiger partial charge in [-0.05, 0) is 42.2 Å². The van der Waals surface area contributed by atoms with Gasteiger partial charge in [0.1, 0.15) is 10.7 Å². The highest BCUT2D eigenvalue weighted by atomic mass is 32.2. The largest absolute Gasteiger partial charge is 0.271 e. The van der Waals surface area contributed by atoms with Gasteiger partial charge >= 0.3 is 0 Å². The van der Waals surface area contributed by atoms with Gasteiger partial charge in [-0.2, -0.15) is 0 Å². The van der Waals surface area contributed by atoms with Gasteiger partial charge in [-0.25, -0.2) is 16.8 Å². The summed E-state index contributed by atoms with van der Waals surface area (Å²) in [6.07, 6.45) is 8.89. The van der Waals surface area contributed by atoms with E-state index >= 15 is 0 Å². The highest BCUT2D eigenvalue weighted by Gasteiger charge is 2.26. The third-order valence-electron chi connectivity index (χ3n) is 4.96. The predicted molar refractivity (Wildman–Crippen MR) is 94.4 cm³/mol. The molecule has 2 heterocycles. The average Bonchev–Trinajstić information content (AvgIpc) is 3.24. The Kier molecular flexibility index (Phi) is 4.07. The van der Waals surface area contributed by atoms with Crippen molar-refractivity contribution in [3.63, 3.8) is 0 Å². The molecule has 1 saturated carbocycles. The average molecular weight is 358 g/mol. The number of hydrogen-bond acceptors (Lipinski definition) is 3. The van der Waals surface area contributed by atoms with Crippen LogP contribution in [0.2, 0.25) is 0 Å². The van der Waals surface area contributed by atoms with Gasteiger partial charge in [0.05, 0.1) is 11.0 Å². The molecule has 0 aliphatic heterocycles. The number of rotatable bonds is 4. The van der Waals surface area contributed by atoms with E-state index in [2.05, 4.69) is 4.98 Å². The van der Waals surface area contributed by atoms with Crippen LogP contribution in [-0.2, 0) is 16.4 Å². The van der Waals surface area contributed by atoms with E-state index in [1.807, 2.05) is 0 Å². The van der Waals surface area contributed by atoms with Crippen LogP contribution in [0.5, 0.6) is 0 Å². The van der Waals surface area contributed by atoms with Gasteiger partial charge in [0.25, 0.3) is 10.0 Å². The Morgan fingerprint density at radius 1 is 1.12 bits per heavy atom. The van der Waals surface area contributed by atoms with Crippen molar-refractivity contribution in [2.45, 2.75) is 37.0 Å². The number of halogens is 1. The van der Waals surface area contributed by atoms with Gasteiger partial charge in [0.2, 0.25) is 0 Å². The van der Waals surface area contributed by atoms with Gasteiger partial charge in [-0.15, -0.1) is 0 Å². The summed E-state index contributed by atoms with van der Waals surface area (Å²) in [7, 11) is -4.01. The maximum absolute atomic E-state index is 14.1. The smallest absolute Gasteiger partial charge is 0.254 e. The summed E-state index contributed by atoms with van der Waals surface area (Å²) in [5, 5.41) is 0. The molecule has 0 atom stereocenters. The Labute approximate surface area is 146 Å². The van der Waals surface area contributed by atoms with Gasteiger partial charge in [-0.1, -0.05) is 37.8 Å². The zero-order valence-electron chi connectivity index (χ0n) is 13.7. The fourth-order valence-corrected chi connectivity index (χ4v) is 5.18. The summed E-state index contributed by atoms with van der Waals surface area (Å²) >= 11 is 0. The van der Waals surface area contributed by atoms with Crippen molar-refractivity contribution in [2.75, 3.05) is 0 Å². The maximum atomic E-state index is 14.1. The quantitative estimate of drug-likeness (QED) is 0.704. The van der Waals surface area contributed by atoms with E-state index < -0.39 is 15.8 Å². The minimum absolute atomic E-state index is 0.317. The van der Waals surface area contributed by atoms with Gasteiger partial charge in [0, 0.05) is 12.4 Å². The molecule has 0 saturated heterocycles. The topological polar surface area (TPSA) is 52.0 Å². The van der Waals surface area contributed by atoms with E-state index in [4.69, 9.17) is 0 Å². The third-order valence-corrected chi connectivity index (χ3v) is 6.66. The van der Waals surface area contributed by atoms with Crippen LogP contribution in [0.25, 0.3) is 11.0 Å². The molecule has 3 aromatic rings. The minimum Gasteiger partial charge on any atom is -0.254 e. The summed E-state index contributed by atoms with van der Waals surface area (Å²) in [4.78, 5) is 4.08. The van der Waals surface area contributed by atoms with Crippen LogP contribution in [0.4, 0.5) is 4.39 Å². The molecule has 1 aliphatic rings. The van der Waals surface area contributed by atoms with Crippen molar-refractivity contribution in [3.8, 4) is 0 Å². The maximum Gasteiger partial charge on any atom is 0.271 e. The van der Waals surface area contributed by atoms with Crippen LogP contribution in [-0.4, -0.2) is 17.4 Å². The Morgan fingerprint density at radius 3 is 2.64 bits per heavy atom. The zero-order chi connectivity index (χ0) is 17.4. The zero-order valence-corrected chi connectivity index (χ0v) is 14.5. The Balaban J connectivity index is 1.86. The molecule has 0 amide bonds. The van der Waals surface area contributed by atoms with Crippen molar-refractivity contribution >= 4 is 21.1 Å². The van der Waals surface area contributed by atoms with Crippen LogP contribution >= 0.6 is 0 Å². The van der Waals surface area contributed by atoms with Gasteiger partial charge in [-0.3, -0.25) is 4.98 Å². The standard InChI is InChI=1S/C19H19FN2O2S/c20-16-8-3-4-10-18(16)25(23,24)22-13-15(12-14-6-1-2-7-14)19-17(22)9-5-11-21-19/h3-5,8-11,13-14H,1-2,6-7,12H2. The monoisotopic (exact) mass is 358 g/mol. The lowest BCUT2D eigenvalue weighted by atomic mass is 9.99. The summed E-state index contributed by atoms with van der Waals surface area (Å²) in [5.41, 5.74) is 2.11. The summed E-state index contributed by atoms with van der Waals surface area (Å²) < 4.78 is 41.3. The normalized spacial score (nSPS) is 15.9. The summed E-state index contributed by atoms with van der Waals surface area (Å²) in [6, 6.07) is 8.89. The third kappa shape index (κ3) is 2.84. The second-order valence-electron chi connectivity index (χ2n) is 6.61. The first-order valence-electron chi connectivity index (χ1n) is 8.52. The summed E-state index contributed by atoms with van der Waals surface area (Å²) in [6.45, 7) is 0. The Bertz CT molecular complexity index is 1020. The lowest BCUT2D eigenvalue weighted by Crippen LogP contribution is -2.13. The van der Waals surface area contributed by atoms with Crippen molar-refractivity contribution in [3.05, 3.63) is 60.2 Å². The molecule has 6 heteroatoms. The van der Waals surface area contributed by atoms with E-state index in [0.29, 0.717) is 17.0 Å². The molecule has 2 aromatic heterocycles. The van der Waals surface area contributed by atoms with E-state index in [1.165, 1.54) is 47.9 Å². The van der Waals surface area contributed by atoms with Crippen LogP contribution in [0.3, 0.4) is 0 Å². The van der Waals surface area contributed by atoms with E-state index in [1.54, 1.807) is 24.5 Å². The van der Waals surface area contributed by atoms with Gasteiger partial charge < -0.3 is 0 Å². The van der Waals surface area contributed by atoms with Crippen LogP contribution in [0.1, 0.15) is 31.2 Å². The van der Waals surface area contributed by atoms with Crippen molar-refractivity contribution < 1.29 is 12.8 Å². The molecule has 0 spiro atoms. The van der Waals surface area contributed by atoms with E-state index in [0.717, 1.165) is 18.1 Å². The number of pyridine rings is 1.